The van der Waals surface area contributed by atoms with Gasteiger partial charge in [0.2, 0.25) is 5.91 Å². The average molecular weight is 380 g/mol. The predicted octanol–water partition coefficient (Wildman–Crippen LogP) is 2.63. The average Bonchev–Trinajstić information content (AvgIpc) is 3.40. The predicted molar refractivity (Wildman–Crippen MR) is 106 cm³/mol. The lowest BCUT2D eigenvalue weighted by Gasteiger charge is -2.27. The second-order valence-corrected chi connectivity index (χ2v) is 8.53. The molecule has 1 N–H and O–H groups in total. The topological polar surface area (TPSA) is 73.2 Å². The molecule has 0 radical (unpaired) electrons. The van der Waals surface area contributed by atoms with Crippen molar-refractivity contribution in [1.29, 1.82) is 5.26 Å². The van der Waals surface area contributed by atoms with Crippen LogP contribution in [-0.4, -0.2) is 41.8 Å². The third kappa shape index (κ3) is 3.84. The van der Waals surface area contributed by atoms with Crippen LogP contribution in [0.25, 0.3) is 0 Å². The second-order valence-electron chi connectivity index (χ2n) is 8.53. The Kier molecular flexibility index (Phi) is 5.77. The number of benzene rings is 1. The fourth-order valence-electron chi connectivity index (χ4n) is 5.20. The molecule has 4 rings (SSSR count). The fourth-order valence-corrected chi connectivity index (χ4v) is 5.20. The van der Waals surface area contributed by atoms with Crippen molar-refractivity contribution >= 4 is 11.7 Å². The summed E-state index contributed by atoms with van der Waals surface area (Å²) in [5.41, 5.74) is 2.88. The molecular weight excluding hydrogens is 350 g/mol. The van der Waals surface area contributed by atoms with Gasteiger partial charge in [-0.15, -0.1) is 0 Å². The van der Waals surface area contributed by atoms with E-state index in [1.165, 1.54) is 11.1 Å². The van der Waals surface area contributed by atoms with Crippen molar-refractivity contribution in [3.63, 3.8) is 0 Å². The molecule has 2 aliphatic heterocycles. The zero-order valence-corrected chi connectivity index (χ0v) is 16.4. The maximum Gasteiger partial charge on any atom is 0.241 e. The van der Waals surface area contributed by atoms with Gasteiger partial charge in [-0.2, -0.15) is 5.26 Å². The van der Waals surface area contributed by atoms with Gasteiger partial charge in [0.25, 0.3) is 0 Å². The molecular formula is C23H29N3O2. The Balaban J connectivity index is 1.33. The Hall–Kier alpha value is -2.19. The normalized spacial score (nSPS) is 29.3. The summed E-state index contributed by atoms with van der Waals surface area (Å²) in [6.07, 6.45) is 7.13. The van der Waals surface area contributed by atoms with Crippen molar-refractivity contribution in [2.75, 3.05) is 13.1 Å². The van der Waals surface area contributed by atoms with E-state index in [4.69, 9.17) is 0 Å². The number of rotatable bonds is 5. The minimum absolute atomic E-state index is 0.0495. The van der Waals surface area contributed by atoms with Crippen LogP contribution in [0.1, 0.15) is 49.7 Å². The minimum Gasteiger partial charge on any atom is -0.325 e. The number of hydrogen-bond donors (Lipinski definition) is 1. The van der Waals surface area contributed by atoms with Gasteiger partial charge in [-0.25, -0.2) is 0 Å². The molecule has 4 atom stereocenters. The molecule has 1 amide bonds. The van der Waals surface area contributed by atoms with Crippen LogP contribution in [0.4, 0.5) is 0 Å². The van der Waals surface area contributed by atoms with Crippen LogP contribution in [0.5, 0.6) is 0 Å². The summed E-state index contributed by atoms with van der Waals surface area (Å²) in [4.78, 5) is 27.6. The standard InChI is InChI=1S/C23H29N3O2/c24-15-19-6-3-13-26(19)23(28)22-20(11-12-25-22)21(27)10-8-16-7-9-17-4-1-2-5-18(17)14-16/h1-2,4-5,16,19-20,22,25H,3,6-14H2/t16-,19+,20?,22-/m1/s1. The van der Waals surface area contributed by atoms with E-state index < -0.39 is 6.04 Å². The molecule has 0 bridgehead atoms. The van der Waals surface area contributed by atoms with E-state index in [0.29, 0.717) is 25.4 Å². The number of carbonyl (C=O) groups is 2. The molecule has 2 heterocycles. The number of nitrogens with zero attached hydrogens (tertiary/aromatic N) is 2. The molecule has 1 aromatic rings. The van der Waals surface area contributed by atoms with Crippen molar-refractivity contribution in [2.45, 2.75) is 63.5 Å². The number of likely N-dealkylation sites (tertiary alicyclic amines) is 1. The Morgan fingerprint density at radius 2 is 2.00 bits per heavy atom. The largest absolute Gasteiger partial charge is 0.325 e. The molecule has 1 aromatic carbocycles. The lowest BCUT2D eigenvalue weighted by molar-refractivity contribution is -0.137. The number of nitriles is 1. The van der Waals surface area contributed by atoms with Gasteiger partial charge in [0, 0.05) is 18.9 Å². The smallest absolute Gasteiger partial charge is 0.241 e. The van der Waals surface area contributed by atoms with E-state index in [1.54, 1.807) is 4.90 Å². The first-order valence-corrected chi connectivity index (χ1v) is 10.7. The SMILES string of the molecule is N#C[C@@H]1CCCN1C(=O)[C@@H]1NCCC1C(=O)CC[C@H]1CCc2ccccc2C1. The van der Waals surface area contributed by atoms with Crippen LogP contribution < -0.4 is 5.32 Å². The van der Waals surface area contributed by atoms with Gasteiger partial charge >= 0.3 is 0 Å². The number of amides is 1. The molecule has 2 saturated heterocycles. The Bertz CT molecular complexity index is 784. The minimum atomic E-state index is -0.437. The molecule has 3 aliphatic rings. The number of hydrogen-bond acceptors (Lipinski definition) is 4. The molecule has 1 aliphatic carbocycles. The number of fused-ring (bicyclic) bond motifs is 1. The zero-order chi connectivity index (χ0) is 19.5. The first-order chi connectivity index (χ1) is 13.7. The highest BCUT2D eigenvalue weighted by atomic mass is 16.2. The molecule has 5 heteroatoms. The van der Waals surface area contributed by atoms with Gasteiger partial charge in [0.05, 0.1) is 12.1 Å². The molecule has 0 spiro atoms. The van der Waals surface area contributed by atoms with E-state index in [9.17, 15) is 14.9 Å². The molecule has 148 valence electrons. The Labute approximate surface area is 167 Å². The summed E-state index contributed by atoms with van der Waals surface area (Å²) in [5, 5.41) is 12.5. The summed E-state index contributed by atoms with van der Waals surface area (Å²) in [5.74, 6) is 0.494. The highest BCUT2D eigenvalue weighted by molar-refractivity contribution is 5.92. The van der Waals surface area contributed by atoms with E-state index in [0.717, 1.165) is 44.9 Å². The van der Waals surface area contributed by atoms with Crippen molar-refractivity contribution in [2.24, 2.45) is 11.8 Å². The third-order valence-electron chi connectivity index (χ3n) is 6.83. The van der Waals surface area contributed by atoms with Gasteiger partial charge in [-0.1, -0.05) is 24.3 Å². The van der Waals surface area contributed by atoms with Gasteiger partial charge in [0.15, 0.2) is 0 Å². The lowest BCUT2D eigenvalue weighted by Crippen LogP contribution is -2.49. The highest BCUT2D eigenvalue weighted by Crippen LogP contribution is 2.30. The highest BCUT2D eigenvalue weighted by Gasteiger charge is 2.42. The fraction of sp³-hybridized carbons (Fsp3) is 0.609. The molecule has 5 nitrogen and oxygen atoms in total. The van der Waals surface area contributed by atoms with Crippen LogP contribution in [0.3, 0.4) is 0 Å². The number of nitrogens with one attached hydrogen (secondary N) is 1. The Morgan fingerprint density at radius 3 is 2.82 bits per heavy atom. The lowest BCUT2D eigenvalue weighted by atomic mass is 9.80. The van der Waals surface area contributed by atoms with Crippen LogP contribution in [-0.2, 0) is 22.4 Å². The van der Waals surface area contributed by atoms with E-state index >= 15 is 0 Å². The van der Waals surface area contributed by atoms with Crippen molar-refractivity contribution in [1.82, 2.24) is 10.2 Å². The monoisotopic (exact) mass is 379 g/mol. The summed E-state index contributed by atoms with van der Waals surface area (Å²) >= 11 is 0. The first-order valence-electron chi connectivity index (χ1n) is 10.7. The molecule has 1 unspecified atom stereocenters. The number of Topliss-reactive ketones (excluding diaryl/α,β-unsaturated/α-hetero) is 1. The van der Waals surface area contributed by atoms with Crippen molar-refractivity contribution < 1.29 is 9.59 Å². The van der Waals surface area contributed by atoms with Crippen LogP contribution in [0.15, 0.2) is 24.3 Å². The molecule has 0 saturated carbocycles. The van der Waals surface area contributed by atoms with Crippen LogP contribution in [0, 0.1) is 23.2 Å². The molecule has 2 fully saturated rings. The maximum atomic E-state index is 12.9. The second kappa shape index (κ2) is 8.45. The van der Waals surface area contributed by atoms with Crippen molar-refractivity contribution in [3.8, 4) is 6.07 Å². The summed E-state index contributed by atoms with van der Waals surface area (Å²) in [6.45, 7) is 1.34. The summed E-state index contributed by atoms with van der Waals surface area (Å²) < 4.78 is 0. The molecule has 28 heavy (non-hydrogen) atoms. The summed E-state index contributed by atoms with van der Waals surface area (Å²) in [7, 11) is 0. The van der Waals surface area contributed by atoms with Gasteiger partial charge < -0.3 is 10.2 Å². The number of carbonyl (C=O) groups excluding carboxylic acids is 2. The first kappa shape index (κ1) is 19.1. The summed E-state index contributed by atoms with van der Waals surface area (Å²) in [6, 6.07) is 10.1. The zero-order valence-electron chi connectivity index (χ0n) is 16.4. The quantitative estimate of drug-likeness (QED) is 0.854. The van der Waals surface area contributed by atoms with E-state index in [2.05, 4.69) is 35.7 Å². The van der Waals surface area contributed by atoms with Gasteiger partial charge in [-0.05, 0) is 68.5 Å². The van der Waals surface area contributed by atoms with Gasteiger partial charge in [0.1, 0.15) is 11.8 Å². The maximum absolute atomic E-state index is 12.9. The van der Waals surface area contributed by atoms with E-state index in [-0.39, 0.29) is 23.7 Å². The molecule has 0 aromatic heterocycles. The van der Waals surface area contributed by atoms with E-state index in [1.807, 2.05) is 0 Å². The third-order valence-corrected chi connectivity index (χ3v) is 6.83. The van der Waals surface area contributed by atoms with Gasteiger partial charge in [-0.3, -0.25) is 9.59 Å². The van der Waals surface area contributed by atoms with Crippen molar-refractivity contribution in [3.05, 3.63) is 35.4 Å². The number of aryl methyl sites for hydroxylation is 1. The van der Waals surface area contributed by atoms with Crippen LogP contribution >= 0.6 is 0 Å². The number of ketones is 1. The van der Waals surface area contributed by atoms with Crippen LogP contribution in [0.2, 0.25) is 0 Å². The Morgan fingerprint density at radius 1 is 1.18 bits per heavy atom.